The second kappa shape index (κ2) is 16.6. The van der Waals surface area contributed by atoms with Crippen LogP contribution in [0.5, 0.6) is 5.75 Å². The molecule has 0 unspecified atom stereocenters. The number of aromatic nitrogens is 2. The first-order valence-corrected chi connectivity index (χ1v) is 18.4. The van der Waals surface area contributed by atoms with E-state index in [1.54, 1.807) is 26.8 Å². The molecule has 0 saturated carbocycles. The topological polar surface area (TPSA) is 129 Å². The molecule has 0 aliphatic heterocycles. The maximum Gasteiger partial charge on any atom is 0.414 e. The van der Waals surface area contributed by atoms with E-state index in [0.29, 0.717) is 24.4 Å². The van der Waals surface area contributed by atoms with Crippen LogP contribution < -0.4 is 14.5 Å². The molecule has 5 rings (SSSR count). The van der Waals surface area contributed by atoms with Crippen molar-refractivity contribution in [2.75, 3.05) is 37.0 Å². The van der Waals surface area contributed by atoms with Gasteiger partial charge < -0.3 is 23.7 Å². The molecule has 0 bridgehead atoms. The van der Waals surface area contributed by atoms with Gasteiger partial charge in [-0.25, -0.2) is 14.6 Å². The van der Waals surface area contributed by atoms with Gasteiger partial charge in [-0.15, -0.1) is 0 Å². The minimum absolute atomic E-state index is 0.0759. The zero-order valence-electron chi connectivity index (χ0n) is 33.2. The number of fused-ring (bicyclic) bond motifs is 1. The molecule has 0 saturated heterocycles. The number of hydrogen-bond donors (Lipinski definition) is 0. The van der Waals surface area contributed by atoms with E-state index in [1.165, 1.54) is 25.2 Å². The SMILES string of the molecule is CCCc1nc2ccc(N(C)CCOc3ccc([N+](=O)[O-])c(N(C)C(=O)OC(C)(C)C)c3)cc2n1Cc1ccc(-c2ccccc2C(=O)OC(C)(C)C)cc1. The normalized spacial score (nSPS) is 11.7. The number of ether oxygens (including phenoxy) is 3. The van der Waals surface area contributed by atoms with Crippen LogP contribution in [0.1, 0.15) is 76.6 Å². The van der Waals surface area contributed by atoms with E-state index in [4.69, 9.17) is 19.2 Å². The second-order valence-electron chi connectivity index (χ2n) is 15.5. The Morgan fingerprint density at radius 2 is 1.56 bits per heavy atom. The highest BCUT2D eigenvalue weighted by molar-refractivity contribution is 5.97. The largest absolute Gasteiger partial charge is 0.492 e. The molecular formula is C43H51N5O7. The van der Waals surface area contributed by atoms with Gasteiger partial charge in [-0.1, -0.05) is 49.4 Å². The molecule has 12 nitrogen and oxygen atoms in total. The van der Waals surface area contributed by atoms with Gasteiger partial charge in [0, 0.05) is 44.9 Å². The van der Waals surface area contributed by atoms with Gasteiger partial charge in [0.25, 0.3) is 5.69 Å². The maximum absolute atomic E-state index is 13.0. The summed E-state index contributed by atoms with van der Waals surface area (Å²) in [4.78, 5) is 45.1. The monoisotopic (exact) mass is 749 g/mol. The Labute approximate surface area is 322 Å². The van der Waals surface area contributed by atoms with Gasteiger partial charge in [0.15, 0.2) is 0 Å². The zero-order valence-corrected chi connectivity index (χ0v) is 33.2. The molecule has 55 heavy (non-hydrogen) atoms. The average Bonchev–Trinajstić information content (AvgIpc) is 3.45. The van der Waals surface area contributed by atoms with Crippen LogP contribution >= 0.6 is 0 Å². The summed E-state index contributed by atoms with van der Waals surface area (Å²) in [6.45, 7) is 14.3. The Kier molecular flexibility index (Phi) is 12.2. The summed E-state index contributed by atoms with van der Waals surface area (Å²) >= 11 is 0. The number of hydrogen-bond acceptors (Lipinski definition) is 9. The molecule has 0 fully saturated rings. The van der Waals surface area contributed by atoms with Crippen molar-refractivity contribution in [3.63, 3.8) is 0 Å². The number of nitro benzene ring substituents is 1. The van der Waals surface area contributed by atoms with Crippen molar-refractivity contribution < 1.29 is 28.7 Å². The van der Waals surface area contributed by atoms with Crippen LogP contribution in [0, 0.1) is 10.1 Å². The molecule has 0 spiro atoms. The lowest BCUT2D eigenvalue weighted by molar-refractivity contribution is -0.384. The predicted molar refractivity (Wildman–Crippen MR) is 216 cm³/mol. The van der Waals surface area contributed by atoms with Gasteiger partial charge in [-0.2, -0.15) is 0 Å². The standard InChI is InChI=1S/C43H51N5O7/c1-10-13-39-44-35-22-20-31(45(8)24-25-53-32-21-23-36(48(51)52)38(27-32)46(9)41(50)55-43(5,6)7)26-37(35)47(39)28-29-16-18-30(19-17-29)33-14-11-12-15-34(33)40(49)54-42(2,3)4/h11-12,14-23,26-27H,10,13,24-25,28H2,1-9H3. The minimum Gasteiger partial charge on any atom is -0.492 e. The molecule has 1 heterocycles. The number of aryl methyl sites for hydroxylation is 1. The van der Waals surface area contributed by atoms with Crippen LogP contribution in [-0.2, 0) is 22.4 Å². The number of imidazole rings is 1. The number of carbonyl (C=O) groups excluding carboxylic acids is 2. The van der Waals surface area contributed by atoms with Crippen molar-refractivity contribution >= 4 is 40.2 Å². The Morgan fingerprint density at radius 1 is 0.873 bits per heavy atom. The number of nitro groups is 1. The van der Waals surface area contributed by atoms with Gasteiger partial charge in [0.2, 0.25) is 0 Å². The van der Waals surface area contributed by atoms with Crippen molar-refractivity contribution in [1.29, 1.82) is 0 Å². The van der Waals surface area contributed by atoms with E-state index < -0.39 is 22.2 Å². The van der Waals surface area contributed by atoms with E-state index in [0.717, 1.165) is 57.0 Å². The number of rotatable bonds is 13. The minimum atomic E-state index is -0.762. The first-order valence-electron chi connectivity index (χ1n) is 18.4. The zero-order chi connectivity index (χ0) is 40.1. The maximum atomic E-state index is 13.0. The van der Waals surface area contributed by atoms with Crippen LogP contribution in [0.15, 0.2) is 84.9 Å². The van der Waals surface area contributed by atoms with Crippen molar-refractivity contribution in [3.05, 3.63) is 112 Å². The summed E-state index contributed by atoms with van der Waals surface area (Å²) in [5.41, 5.74) is 4.77. The van der Waals surface area contributed by atoms with Crippen molar-refractivity contribution in [1.82, 2.24) is 9.55 Å². The van der Waals surface area contributed by atoms with E-state index in [2.05, 4.69) is 34.6 Å². The summed E-state index contributed by atoms with van der Waals surface area (Å²) in [5.74, 6) is 1.05. The molecule has 1 aromatic heterocycles. The van der Waals surface area contributed by atoms with Gasteiger partial charge in [0.1, 0.15) is 35.1 Å². The van der Waals surface area contributed by atoms with Gasteiger partial charge >= 0.3 is 12.1 Å². The lowest BCUT2D eigenvalue weighted by Gasteiger charge is -2.25. The number of anilines is 2. The molecule has 0 N–H and O–H groups in total. The van der Waals surface area contributed by atoms with Crippen LogP contribution in [-0.4, -0.2) is 65.0 Å². The third-order valence-corrected chi connectivity index (χ3v) is 8.74. The van der Waals surface area contributed by atoms with E-state index in [-0.39, 0.29) is 24.0 Å². The summed E-state index contributed by atoms with van der Waals surface area (Å²) in [6.07, 6.45) is 1.07. The number of amides is 1. The number of esters is 1. The molecule has 0 aliphatic rings. The van der Waals surface area contributed by atoms with Crippen LogP contribution in [0.3, 0.4) is 0 Å². The lowest BCUT2D eigenvalue weighted by Crippen LogP contribution is -2.34. The molecule has 4 aromatic carbocycles. The second-order valence-corrected chi connectivity index (χ2v) is 15.5. The molecule has 0 atom stereocenters. The molecule has 12 heteroatoms. The van der Waals surface area contributed by atoms with E-state index in [1.807, 2.05) is 70.3 Å². The van der Waals surface area contributed by atoms with E-state index >= 15 is 0 Å². The summed E-state index contributed by atoms with van der Waals surface area (Å²) in [5, 5.41) is 11.8. The lowest BCUT2D eigenvalue weighted by atomic mass is 9.98. The Hall–Kier alpha value is -5.91. The number of benzene rings is 4. The third-order valence-electron chi connectivity index (χ3n) is 8.74. The fourth-order valence-electron chi connectivity index (χ4n) is 6.08. The quantitative estimate of drug-likeness (QED) is 0.0657. The molecule has 5 aromatic rings. The summed E-state index contributed by atoms with van der Waals surface area (Å²) < 4.78 is 19.4. The van der Waals surface area contributed by atoms with Gasteiger partial charge in [0.05, 0.1) is 28.1 Å². The van der Waals surface area contributed by atoms with Crippen LogP contribution in [0.25, 0.3) is 22.2 Å². The Morgan fingerprint density at radius 3 is 2.22 bits per heavy atom. The predicted octanol–water partition coefficient (Wildman–Crippen LogP) is 9.45. The first kappa shape index (κ1) is 40.3. The van der Waals surface area contributed by atoms with Crippen LogP contribution in [0.2, 0.25) is 0 Å². The fourth-order valence-corrected chi connectivity index (χ4v) is 6.08. The average molecular weight is 750 g/mol. The molecule has 1 amide bonds. The smallest absolute Gasteiger partial charge is 0.414 e. The Balaban J connectivity index is 1.32. The molecule has 0 radical (unpaired) electrons. The van der Waals surface area contributed by atoms with Crippen molar-refractivity contribution in [2.24, 2.45) is 0 Å². The highest BCUT2D eigenvalue weighted by atomic mass is 16.6. The van der Waals surface area contributed by atoms with Crippen molar-refractivity contribution in [3.8, 4) is 16.9 Å². The highest BCUT2D eigenvalue weighted by Crippen LogP contribution is 2.33. The fraction of sp³-hybridized carbons (Fsp3) is 0.372. The Bertz CT molecular complexity index is 2160. The summed E-state index contributed by atoms with van der Waals surface area (Å²) in [7, 11) is 3.41. The number of likely N-dealkylation sites (N-methyl/N-ethyl adjacent to an activating group) is 1. The first-order chi connectivity index (χ1) is 25.9. The van der Waals surface area contributed by atoms with Gasteiger partial charge in [-0.05, 0) is 95.0 Å². The van der Waals surface area contributed by atoms with Gasteiger partial charge in [-0.3, -0.25) is 15.0 Å². The van der Waals surface area contributed by atoms with Crippen molar-refractivity contribution in [2.45, 2.75) is 79.1 Å². The summed E-state index contributed by atoms with van der Waals surface area (Å²) in [6, 6.07) is 26.3. The number of nitrogens with zero attached hydrogens (tertiary/aromatic N) is 5. The van der Waals surface area contributed by atoms with E-state index in [9.17, 15) is 19.7 Å². The third kappa shape index (κ3) is 10.2. The molecule has 290 valence electrons. The molecule has 0 aliphatic carbocycles. The highest BCUT2D eigenvalue weighted by Gasteiger charge is 2.27. The molecular weight excluding hydrogens is 699 g/mol. The van der Waals surface area contributed by atoms with Crippen LogP contribution in [0.4, 0.5) is 21.9 Å². The number of carbonyl (C=O) groups is 2.